The number of methoxy groups -OCH3 is 1. The Morgan fingerprint density at radius 1 is 0.615 bits per heavy atom. The average Bonchev–Trinajstić information content (AvgIpc) is 3.16. The van der Waals surface area contributed by atoms with Gasteiger partial charge in [0, 0.05) is 26.5 Å². The summed E-state index contributed by atoms with van der Waals surface area (Å²) in [7, 11) is 1.70. The number of unbranched alkanes of at least 4 members (excludes halogenated alkanes) is 16. The first kappa shape index (κ1) is 56.9. The summed E-state index contributed by atoms with van der Waals surface area (Å²) in [6.45, 7) is 21.1. The molecule has 0 aromatic carbocycles. The van der Waals surface area contributed by atoms with Crippen molar-refractivity contribution in [2.75, 3.05) is 33.4 Å². The van der Waals surface area contributed by atoms with E-state index in [1.165, 1.54) is 103 Å². The molecule has 0 aromatic heterocycles. The monoisotopic (exact) mass is 732 g/mol. The van der Waals surface area contributed by atoms with Crippen LogP contribution in [0.4, 0.5) is 0 Å². The van der Waals surface area contributed by atoms with E-state index in [0.29, 0.717) is 13.0 Å². The largest absolute Gasteiger partial charge is 0.463 e. The number of carbonyl (C=O) groups excluding carboxylic acids is 1. The van der Waals surface area contributed by atoms with E-state index < -0.39 is 0 Å². The quantitative estimate of drug-likeness (QED) is 0.0299. The van der Waals surface area contributed by atoms with Crippen LogP contribution in [-0.4, -0.2) is 50.3 Å². The molecule has 0 N–H and O–H groups in total. The molecule has 1 unspecified atom stereocenters. The maximum atomic E-state index is 11.9. The second-order valence-electron chi connectivity index (χ2n) is 13.7. The number of terminal acetylenes is 1. The average molecular weight is 732 g/mol. The van der Waals surface area contributed by atoms with Crippen LogP contribution >= 0.6 is 0 Å². The van der Waals surface area contributed by atoms with Gasteiger partial charge in [-0.25, -0.2) is 0 Å². The van der Waals surface area contributed by atoms with Crippen molar-refractivity contribution in [2.45, 2.75) is 222 Å². The van der Waals surface area contributed by atoms with E-state index in [1.54, 1.807) is 7.11 Å². The van der Waals surface area contributed by atoms with Crippen LogP contribution in [0.25, 0.3) is 0 Å². The Kier molecular flexibility index (Phi) is 61.2. The van der Waals surface area contributed by atoms with Gasteiger partial charge in [-0.1, -0.05) is 182 Å². The number of rotatable bonds is 32. The minimum absolute atomic E-state index is 0.00541. The molecular formula is C48H93NO3. The fraction of sp³-hybridized carbons (Fsp3) is 0.812. The Morgan fingerprint density at radius 2 is 1.08 bits per heavy atom. The van der Waals surface area contributed by atoms with Crippen LogP contribution in [0.15, 0.2) is 36.5 Å². The zero-order valence-corrected chi connectivity index (χ0v) is 36.8. The summed E-state index contributed by atoms with van der Waals surface area (Å²) in [5.41, 5.74) is 0. The SMILES string of the molecule is C#CCC/C=C\CC.CCCCC/C=C\C/C=C\CCCCCCCC(=O)OCC(CCN(CC)CC)OC.CCCCCC.CCCCCCC. The van der Waals surface area contributed by atoms with Crippen molar-refractivity contribution in [2.24, 2.45) is 0 Å². The van der Waals surface area contributed by atoms with Gasteiger partial charge in [-0.15, -0.1) is 12.3 Å². The Labute approximate surface area is 328 Å². The first-order valence-corrected chi connectivity index (χ1v) is 22.2. The van der Waals surface area contributed by atoms with Crippen LogP contribution < -0.4 is 0 Å². The van der Waals surface area contributed by atoms with Gasteiger partial charge in [-0.2, -0.15) is 0 Å². The van der Waals surface area contributed by atoms with Gasteiger partial charge in [0.15, 0.2) is 0 Å². The van der Waals surface area contributed by atoms with Crippen LogP contribution in [0.3, 0.4) is 0 Å². The van der Waals surface area contributed by atoms with E-state index in [0.717, 1.165) is 71.0 Å². The zero-order valence-electron chi connectivity index (χ0n) is 36.8. The summed E-state index contributed by atoms with van der Waals surface area (Å²) < 4.78 is 10.9. The minimum atomic E-state index is -0.0874. The predicted molar refractivity (Wildman–Crippen MR) is 235 cm³/mol. The van der Waals surface area contributed by atoms with Crippen molar-refractivity contribution in [3.05, 3.63) is 36.5 Å². The summed E-state index contributed by atoms with van der Waals surface area (Å²) >= 11 is 0. The molecule has 0 fully saturated rings. The summed E-state index contributed by atoms with van der Waals surface area (Å²) in [5.74, 6) is 2.49. The fourth-order valence-electron chi connectivity index (χ4n) is 5.10. The molecule has 0 saturated carbocycles. The van der Waals surface area contributed by atoms with Crippen molar-refractivity contribution in [1.29, 1.82) is 0 Å². The molecule has 0 aliphatic carbocycles. The second-order valence-corrected chi connectivity index (χ2v) is 13.7. The number of carbonyl (C=O) groups is 1. The van der Waals surface area contributed by atoms with Gasteiger partial charge < -0.3 is 14.4 Å². The third kappa shape index (κ3) is 57.5. The lowest BCUT2D eigenvalue weighted by Gasteiger charge is -2.21. The van der Waals surface area contributed by atoms with Gasteiger partial charge in [-0.3, -0.25) is 4.79 Å². The standard InChI is InChI=1S/C27H51NO3.C8H12.C7H16.C6H14/c1-5-8-9-10-11-12-13-14-15-16-17-18-19-20-21-22-27(29)31-25-26(30-4)23-24-28(6-2)7-3;1-3-5-7-8-6-4-2;1-3-5-7-6-4-2;1-3-5-6-4-2/h11-12,14-15,26H,5-10,13,16-25H2,1-4H3;1,6,8H,4-5,7H2,2H3;3-7H2,1-2H3;3-6H2,1-2H3/b12-11-,15-14-;8-6-;;. The molecule has 0 rings (SSSR count). The number of hydrogen-bond donors (Lipinski definition) is 0. The van der Waals surface area contributed by atoms with Crippen molar-refractivity contribution in [1.82, 2.24) is 4.90 Å². The van der Waals surface area contributed by atoms with E-state index in [9.17, 15) is 4.79 Å². The number of esters is 1. The summed E-state index contributed by atoms with van der Waals surface area (Å²) in [6.07, 6.45) is 48.6. The highest BCUT2D eigenvalue weighted by molar-refractivity contribution is 5.69. The van der Waals surface area contributed by atoms with Gasteiger partial charge in [0.2, 0.25) is 0 Å². The third-order valence-electron chi connectivity index (χ3n) is 8.78. The van der Waals surface area contributed by atoms with E-state index in [1.807, 2.05) is 0 Å². The molecule has 0 heterocycles. The topological polar surface area (TPSA) is 38.8 Å². The molecule has 308 valence electrons. The van der Waals surface area contributed by atoms with Gasteiger partial charge in [-0.05, 0) is 70.9 Å². The molecule has 0 radical (unpaired) electrons. The van der Waals surface area contributed by atoms with Crippen molar-refractivity contribution < 1.29 is 14.3 Å². The Morgan fingerprint density at radius 3 is 1.58 bits per heavy atom. The van der Waals surface area contributed by atoms with Crippen molar-refractivity contribution in [3.63, 3.8) is 0 Å². The summed E-state index contributed by atoms with van der Waals surface area (Å²) in [4.78, 5) is 14.3. The van der Waals surface area contributed by atoms with Gasteiger partial charge in [0.05, 0.1) is 6.10 Å². The third-order valence-corrected chi connectivity index (χ3v) is 8.78. The maximum Gasteiger partial charge on any atom is 0.305 e. The van der Waals surface area contributed by atoms with E-state index in [-0.39, 0.29) is 12.1 Å². The number of allylic oxidation sites excluding steroid dienone is 6. The predicted octanol–water partition coefficient (Wildman–Crippen LogP) is 15.0. The minimum Gasteiger partial charge on any atom is -0.463 e. The molecule has 52 heavy (non-hydrogen) atoms. The number of nitrogens with zero attached hydrogens (tertiary/aromatic N) is 1. The van der Waals surface area contributed by atoms with Gasteiger partial charge >= 0.3 is 5.97 Å². The fourth-order valence-corrected chi connectivity index (χ4v) is 5.10. The molecule has 0 bridgehead atoms. The number of ether oxygens (including phenoxy) is 2. The lowest BCUT2D eigenvalue weighted by molar-refractivity contribution is -0.147. The molecule has 4 nitrogen and oxygen atoms in total. The van der Waals surface area contributed by atoms with Crippen LogP contribution in [0, 0.1) is 12.3 Å². The molecular weight excluding hydrogens is 639 g/mol. The summed E-state index contributed by atoms with van der Waals surface area (Å²) in [5, 5.41) is 0. The van der Waals surface area contributed by atoms with Gasteiger partial charge in [0.1, 0.15) is 6.61 Å². The van der Waals surface area contributed by atoms with E-state index in [2.05, 4.69) is 103 Å². The van der Waals surface area contributed by atoms with Crippen LogP contribution in [0.1, 0.15) is 216 Å². The lowest BCUT2D eigenvalue weighted by Crippen LogP contribution is -2.30. The van der Waals surface area contributed by atoms with Crippen LogP contribution in [0.5, 0.6) is 0 Å². The van der Waals surface area contributed by atoms with Crippen LogP contribution in [-0.2, 0) is 14.3 Å². The normalized spacial score (nSPS) is 11.5. The maximum absolute atomic E-state index is 11.9. The van der Waals surface area contributed by atoms with Gasteiger partial charge in [0.25, 0.3) is 0 Å². The van der Waals surface area contributed by atoms with E-state index >= 15 is 0 Å². The summed E-state index contributed by atoms with van der Waals surface area (Å²) in [6, 6.07) is 0. The highest BCUT2D eigenvalue weighted by Gasteiger charge is 2.12. The Hall–Kier alpha value is -1.83. The highest BCUT2D eigenvalue weighted by Crippen LogP contribution is 2.10. The first-order chi connectivity index (χ1) is 25.4. The molecule has 0 aliphatic heterocycles. The molecule has 0 spiro atoms. The Bertz CT molecular complexity index is 754. The van der Waals surface area contributed by atoms with E-state index in [4.69, 9.17) is 15.9 Å². The van der Waals surface area contributed by atoms with Crippen molar-refractivity contribution >= 4 is 5.97 Å². The van der Waals surface area contributed by atoms with Crippen LogP contribution in [0.2, 0.25) is 0 Å². The second kappa shape index (κ2) is 55.9. The molecule has 4 heteroatoms. The number of hydrogen-bond acceptors (Lipinski definition) is 4. The molecule has 1 atom stereocenters. The first-order valence-electron chi connectivity index (χ1n) is 22.2. The Balaban J connectivity index is -0.000000439. The highest BCUT2D eigenvalue weighted by atomic mass is 16.6. The molecule has 0 amide bonds. The molecule has 0 saturated heterocycles. The smallest absolute Gasteiger partial charge is 0.305 e. The van der Waals surface area contributed by atoms with Crippen molar-refractivity contribution in [3.8, 4) is 12.3 Å². The molecule has 0 aliphatic rings. The zero-order chi connectivity index (χ0) is 39.6. The molecule has 0 aromatic rings. The lowest BCUT2D eigenvalue weighted by atomic mass is 10.1.